The predicted molar refractivity (Wildman–Crippen MR) is 44.6 cm³/mol. The number of nitrogens with two attached hydrogens (primary N) is 1. The summed E-state index contributed by atoms with van der Waals surface area (Å²) in [4.78, 5) is 0. The molecule has 0 atom stereocenters. The number of hydrogen-bond acceptors (Lipinski definition) is 5. The van der Waals surface area contributed by atoms with Crippen LogP contribution < -0.4 is 11.1 Å². The van der Waals surface area contributed by atoms with Gasteiger partial charge in [0.2, 0.25) is 5.13 Å². The van der Waals surface area contributed by atoms with Crippen molar-refractivity contribution in [3.63, 3.8) is 0 Å². The molecule has 1 aliphatic rings. The van der Waals surface area contributed by atoms with Gasteiger partial charge in [0.15, 0.2) is 0 Å². The number of nitrogens with one attached hydrogen (secondary N) is 1. The number of anilines is 1. The summed E-state index contributed by atoms with van der Waals surface area (Å²) in [7, 11) is 0. The highest BCUT2D eigenvalue weighted by Gasteiger charge is 2.41. The average Bonchev–Trinajstić information content (AvgIpc) is 2.59. The maximum absolute atomic E-state index is 5.58. The Hall–Kier alpha value is -0.680. The summed E-state index contributed by atoms with van der Waals surface area (Å²) in [5, 5.41) is 11.8. The molecule has 1 heterocycles. The Kier molecular flexibility index (Phi) is 1.54. The van der Waals surface area contributed by atoms with Gasteiger partial charge in [0.1, 0.15) is 5.51 Å². The van der Waals surface area contributed by atoms with Crippen molar-refractivity contribution >= 4 is 16.5 Å². The van der Waals surface area contributed by atoms with Crippen molar-refractivity contribution in [3.05, 3.63) is 5.51 Å². The van der Waals surface area contributed by atoms with E-state index in [2.05, 4.69) is 15.5 Å². The molecule has 5 heteroatoms. The van der Waals surface area contributed by atoms with Gasteiger partial charge < -0.3 is 11.1 Å². The van der Waals surface area contributed by atoms with Crippen LogP contribution in [0.4, 0.5) is 5.13 Å². The fourth-order valence-corrected chi connectivity index (χ4v) is 1.55. The van der Waals surface area contributed by atoms with E-state index in [4.69, 9.17) is 5.73 Å². The zero-order valence-corrected chi connectivity index (χ0v) is 6.90. The molecule has 0 unspecified atom stereocenters. The molecule has 1 aromatic rings. The molecular weight excluding hydrogens is 160 g/mol. The number of nitrogens with zero attached hydrogens (tertiary/aromatic N) is 2. The maximum atomic E-state index is 5.58. The lowest BCUT2D eigenvalue weighted by Gasteiger charge is -2.12. The number of rotatable bonds is 3. The smallest absolute Gasteiger partial charge is 0.205 e. The lowest BCUT2D eigenvalue weighted by molar-refractivity contribution is 0.738. The molecule has 0 spiro atoms. The largest absolute Gasteiger partial charge is 0.353 e. The van der Waals surface area contributed by atoms with Crippen LogP contribution in [0.1, 0.15) is 12.8 Å². The van der Waals surface area contributed by atoms with E-state index in [0.717, 1.165) is 18.0 Å². The second-order valence-corrected chi connectivity index (χ2v) is 3.69. The van der Waals surface area contributed by atoms with Crippen molar-refractivity contribution < 1.29 is 0 Å². The summed E-state index contributed by atoms with van der Waals surface area (Å²) >= 11 is 1.52. The van der Waals surface area contributed by atoms with Crippen LogP contribution in [0, 0.1) is 0 Å². The van der Waals surface area contributed by atoms with Gasteiger partial charge in [0.25, 0.3) is 0 Å². The first-order chi connectivity index (χ1) is 5.35. The van der Waals surface area contributed by atoms with Crippen molar-refractivity contribution in [1.82, 2.24) is 10.2 Å². The summed E-state index contributed by atoms with van der Waals surface area (Å²) in [5.74, 6) is 0. The highest BCUT2D eigenvalue weighted by molar-refractivity contribution is 7.13. The summed E-state index contributed by atoms with van der Waals surface area (Å²) < 4.78 is 0. The van der Waals surface area contributed by atoms with Crippen LogP contribution in [0.25, 0.3) is 0 Å². The third kappa shape index (κ3) is 1.34. The highest BCUT2D eigenvalue weighted by atomic mass is 32.1. The molecule has 60 valence electrons. The van der Waals surface area contributed by atoms with Gasteiger partial charge in [-0.15, -0.1) is 10.2 Å². The van der Waals surface area contributed by atoms with E-state index in [1.165, 1.54) is 11.3 Å². The lowest BCUT2D eigenvalue weighted by atomic mass is 10.3. The maximum Gasteiger partial charge on any atom is 0.205 e. The Morgan fingerprint density at radius 1 is 1.73 bits per heavy atom. The third-order valence-electron chi connectivity index (χ3n) is 1.98. The molecular formula is C6H10N4S. The van der Waals surface area contributed by atoms with Crippen LogP contribution in [0.2, 0.25) is 0 Å². The van der Waals surface area contributed by atoms with E-state index in [1.54, 1.807) is 5.51 Å². The second kappa shape index (κ2) is 2.42. The van der Waals surface area contributed by atoms with Gasteiger partial charge in [0.05, 0.1) is 5.54 Å². The minimum atomic E-state index is 0.152. The van der Waals surface area contributed by atoms with Crippen molar-refractivity contribution in [2.24, 2.45) is 5.73 Å². The van der Waals surface area contributed by atoms with E-state index in [9.17, 15) is 0 Å². The van der Waals surface area contributed by atoms with Crippen molar-refractivity contribution in [1.29, 1.82) is 0 Å². The molecule has 1 aromatic heterocycles. The summed E-state index contributed by atoms with van der Waals surface area (Å²) in [6.07, 6.45) is 2.31. The van der Waals surface area contributed by atoms with Gasteiger partial charge in [-0.2, -0.15) is 0 Å². The molecule has 0 aromatic carbocycles. The van der Waals surface area contributed by atoms with E-state index in [-0.39, 0.29) is 5.54 Å². The van der Waals surface area contributed by atoms with Crippen molar-refractivity contribution in [3.8, 4) is 0 Å². The second-order valence-electron chi connectivity index (χ2n) is 2.85. The van der Waals surface area contributed by atoms with Crippen molar-refractivity contribution in [2.45, 2.75) is 18.4 Å². The van der Waals surface area contributed by atoms with Gasteiger partial charge in [-0.25, -0.2) is 0 Å². The lowest BCUT2D eigenvalue weighted by Crippen LogP contribution is -2.30. The number of aromatic nitrogens is 2. The van der Waals surface area contributed by atoms with Crippen LogP contribution in [-0.4, -0.2) is 22.3 Å². The quantitative estimate of drug-likeness (QED) is 0.691. The molecule has 2 rings (SSSR count). The van der Waals surface area contributed by atoms with Crippen LogP contribution in [0.5, 0.6) is 0 Å². The van der Waals surface area contributed by atoms with E-state index < -0.39 is 0 Å². The Balaban J connectivity index is 2.01. The molecule has 0 amide bonds. The standard InChI is InChI=1S/C6H10N4S/c7-3-6(1-2-6)9-5-10-8-4-11-5/h4H,1-3,7H2,(H,9,10). The van der Waals surface area contributed by atoms with Crippen LogP contribution >= 0.6 is 11.3 Å². The van der Waals surface area contributed by atoms with Gasteiger partial charge in [-0.3, -0.25) is 0 Å². The molecule has 4 nitrogen and oxygen atoms in total. The fraction of sp³-hybridized carbons (Fsp3) is 0.667. The van der Waals surface area contributed by atoms with Gasteiger partial charge in [-0.1, -0.05) is 11.3 Å². The Morgan fingerprint density at radius 2 is 2.55 bits per heavy atom. The van der Waals surface area contributed by atoms with Gasteiger partial charge >= 0.3 is 0 Å². The Labute approximate surface area is 68.8 Å². The highest BCUT2D eigenvalue weighted by Crippen LogP contribution is 2.37. The normalized spacial score (nSPS) is 19.7. The molecule has 1 saturated carbocycles. The Bertz CT molecular complexity index is 229. The SMILES string of the molecule is NCC1(Nc2nncs2)CC1. The van der Waals surface area contributed by atoms with Crippen LogP contribution in [0.15, 0.2) is 5.51 Å². The first kappa shape index (κ1) is 7.00. The molecule has 0 aliphatic heterocycles. The van der Waals surface area contributed by atoms with Gasteiger partial charge in [-0.05, 0) is 12.8 Å². The molecule has 1 fully saturated rings. The Morgan fingerprint density at radius 3 is 3.00 bits per heavy atom. The molecule has 11 heavy (non-hydrogen) atoms. The molecule has 3 N–H and O–H groups in total. The zero-order valence-electron chi connectivity index (χ0n) is 6.08. The minimum absolute atomic E-state index is 0.152. The topological polar surface area (TPSA) is 63.8 Å². The van der Waals surface area contributed by atoms with Crippen LogP contribution in [0.3, 0.4) is 0 Å². The molecule has 0 saturated heterocycles. The van der Waals surface area contributed by atoms with Gasteiger partial charge in [0, 0.05) is 6.54 Å². The minimum Gasteiger partial charge on any atom is -0.353 e. The fourth-order valence-electron chi connectivity index (χ4n) is 0.985. The predicted octanol–water partition coefficient (Wildman–Crippen LogP) is 0.441. The van der Waals surface area contributed by atoms with E-state index in [1.807, 2.05) is 0 Å². The molecule has 0 radical (unpaired) electrons. The summed E-state index contributed by atoms with van der Waals surface area (Å²) in [6, 6.07) is 0. The van der Waals surface area contributed by atoms with E-state index in [0.29, 0.717) is 6.54 Å². The first-order valence-electron chi connectivity index (χ1n) is 3.59. The average molecular weight is 170 g/mol. The monoisotopic (exact) mass is 170 g/mol. The summed E-state index contributed by atoms with van der Waals surface area (Å²) in [5.41, 5.74) is 7.45. The van der Waals surface area contributed by atoms with Crippen LogP contribution in [-0.2, 0) is 0 Å². The molecule has 1 aliphatic carbocycles. The third-order valence-corrected chi connectivity index (χ3v) is 2.58. The molecule has 0 bridgehead atoms. The number of hydrogen-bond donors (Lipinski definition) is 2. The van der Waals surface area contributed by atoms with Crippen molar-refractivity contribution in [2.75, 3.05) is 11.9 Å². The first-order valence-corrected chi connectivity index (χ1v) is 4.47. The zero-order chi connectivity index (χ0) is 7.73. The summed E-state index contributed by atoms with van der Waals surface area (Å²) in [6.45, 7) is 0.687. The van der Waals surface area contributed by atoms with E-state index >= 15 is 0 Å².